The van der Waals surface area contributed by atoms with E-state index in [-0.39, 0.29) is 0 Å². The molecule has 0 aliphatic rings. The molecule has 0 atom stereocenters. The van der Waals surface area contributed by atoms with Gasteiger partial charge >= 0.3 is 0 Å². The van der Waals surface area contributed by atoms with Crippen molar-refractivity contribution in [3.8, 4) is 0 Å². The van der Waals surface area contributed by atoms with Crippen molar-refractivity contribution in [1.29, 1.82) is 0 Å². The first-order chi connectivity index (χ1) is 8.29. The van der Waals surface area contributed by atoms with E-state index in [2.05, 4.69) is 15.5 Å². The van der Waals surface area contributed by atoms with Crippen molar-refractivity contribution in [2.75, 3.05) is 5.32 Å². The molecule has 0 aliphatic carbocycles. The third-order valence-corrected chi connectivity index (χ3v) is 2.37. The average molecular weight is 227 g/mol. The number of nitrogens with one attached hydrogen (secondary N) is 1. The molecule has 1 aromatic heterocycles. The molecule has 1 aromatic carbocycles. The van der Waals surface area contributed by atoms with Crippen LogP contribution in [0.1, 0.15) is 11.3 Å². The summed E-state index contributed by atoms with van der Waals surface area (Å²) in [5, 5.41) is 14.7. The topological polar surface area (TPSA) is 57.5 Å². The molecule has 0 saturated carbocycles. The molecule has 0 aliphatic heterocycles. The number of aryl methyl sites for hydroxylation is 1. The van der Waals surface area contributed by atoms with E-state index in [4.69, 9.17) is 5.21 Å². The lowest BCUT2D eigenvalue weighted by atomic mass is 10.2. The van der Waals surface area contributed by atoms with E-state index in [1.54, 1.807) is 0 Å². The summed E-state index contributed by atoms with van der Waals surface area (Å²) in [4.78, 5) is 4.37. The van der Waals surface area contributed by atoms with Gasteiger partial charge in [-0.1, -0.05) is 23.4 Å². The van der Waals surface area contributed by atoms with E-state index >= 15 is 0 Å². The van der Waals surface area contributed by atoms with E-state index in [1.165, 1.54) is 6.21 Å². The van der Waals surface area contributed by atoms with Crippen LogP contribution < -0.4 is 5.32 Å². The van der Waals surface area contributed by atoms with Crippen LogP contribution in [0.5, 0.6) is 0 Å². The van der Waals surface area contributed by atoms with Gasteiger partial charge in [0.2, 0.25) is 0 Å². The normalized spacial score (nSPS) is 10.6. The maximum atomic E-state index is 8.47. The van der Waals surface area contributed by atoms with Gasteiger partial charge in [0.05, 0.1) is 6.21 Å². The molecule has 0 bridgehead atoms. The van der Waals surface area contributed by atoms with Crippen molar-refractivity contribution in [2.45, 2.75) is 6.92 Å². The summed E-state index contributed by atoms with van der Waals surface area (Å²) in [5.41, 5.74) is 2.60. The highest BCUT2D eigenvalue weighted by Gasteiger charge is 2.00. The smallest absolute Gasteiger partial charge is 0.130 e. The van der Waals surface area contributed by atoms with Crippen LogP contribution in [0.4, 0.5) is 11.5 Å². The molecular formula is C13H13N3O. The molecule has 2 N–H and O–H groups in total. The summed E-state index contributed by atoms with van der Waals surface area (Å²) in [5.74, 6) is 0.767. The summed E-state index contributed by atoms with van der Waals surface area (Å²) in [6, 6.07) is 13.5. The predicted octanol–water partition coefficient (Wildman–Crippen LogP) is 2.94. The van der Waals surface area contributed by atoms with Gasteiger partial charge in [-0.05, 0) is 31.2 Å². The summed E-state index contributed by atoms with van der Waals surface area (Å²) < 4.78 is 0. The minimum atomic E-state index is 0.767. The van der Waals surface area contributed by atoms with Gasteiger partial charge in [0.25, 0.3) is 0 Å². The van der Waals surface area contributed by atoms with Crippen molar-refractivity contribution < 1.29 is 5.21 Å². The Hall–Kier alpha value is -2.36. The third-order valence-electron chi connectivity index (χ3n) is 2.37. The molecule has 0 amide bonds. The monoisotopic (exact) mass is 227 g/mol. The number of para-hydroxylation sites is 1. The molecule has 2 aromatic rings. The van der Waals surface area contributed by atoms with Gasteiger partial charge in [0.15, 0.2) is 0 Å². The Morgan fingerprint density at radius 3 is 2.59 bits per heavy atom. The van der Waals surface area contributed by atoms with Gasteiger partial charge in [-0.2, -0.15) is 0 Å². The number of oxime groups is 1. The Balaban J connectivity index is 2.21. The second-order valence-electron chi connectivity index (χ2n) is 3.61. The lowest BCUT2D eigenvalue weighted by molar-refractivity contribution is 0.322. The van der Waals surface area contributed by atoms with Gasteiger partial charge in [-0.25, -0.2) is 4.98 Å². The van der Waals surface area contributed by atoms with Crippen LogP contribution in [0.2, 0.25) is 0 Å². The first-order valence-corrected chi connectivity index (χ1v) is 5.27. The standard InChI is InChI=1S/C13H13N3O/c1-10-11(9-14-17)7-8-13(15-10)16-12-5-3-2-4-6-12/h2-9,17H,1H3,(H,15,16). The number of benzene rings is 1. The Kier molecular flexibility index (Phi) is 3.35. The predicted molar refractivity (Wildman–Crippen MR) is 68.1 cm³/mol. The minimum absolute atomic E-state index is 0.767. The first-order valence-electron chi connectivity index (χ1n) is 5.27. The molecule has 0 saturated heterocycles. The number of anilines is 2. The lowest BCUT2D eigenvalue weighted by Crippen LogP contribution is -1.97. The average Bonchev–Trinajstić information content (AvgIpc) is 2.34. The SMILES string of the molecule is Cc1nc(Nc2ccccc2)ccc1C=NO. The fourth-order valence-electron chi connectivity index (χ4n) is 1.51. The molecule has 1 heterocycles. The van der Waals surface area contributed by atoms with Crippen molar-refractivity contribution in [2.24, 2.45) is 5.16 Å². The summed E-state index contributed by atoms with van der Waals surface area (Å²) >= 11 is 0. The van der Waals surface area contributed by atoms with E-state index in [1.807, 2.05) is 49.4 Å². The van der Waals surface area contributed by atoms with Gasteiger partial charge in [0, 0.05) is 16.9 Å². The minimum Gasteiger partial charge on any atom is -0.411 e. The number of pyridine rings is 1. The van der Waals surface area contributed by atoms with Crippen LogP contribution in [0.25, 0.3) is 0 Å². The highest BCUT2D eigenvalue weighted by atomic mass is 16.4. The molecule has 4 nitrogen and oxygen atoms in total. The van der Waals surface area contributed by atoms with Gasteiger partial charge in [0.1, 0.15) is 5.82 Å². The van der Waals surface area contributed by atoms with Crippen LogP contribution in [0.15, 0.2) is 47.6 Å². The molecule has 2 rings (SSSR count). The molecule has 0 spiro atoms. The number of rotatable bonds is 3. The zero-order chi connectivity index (χ0) is 12.1. The van der Waals surface area contributed by atoms with Crippen molar-refractivity contribution in [3.63, 3.8) is 0 Å². The number of aromatic nitrogens is 1. The number of hydrogen-bond acceptors (Lipinski definition) is 4. The molecule has 0 unspecified atom stereocenters. The second kappa shape index (κ2) is 5.12. The third kappa shape index (κ3) is 2.81. The molecule has 4 heteroatoms. The fraction of sp³-hybridized carbons (Fsp3) is 0.0769. The molecule has 17 heavy (non-hydrogen) atoms. The van der Waals surface area contributed by atoms with E-state index in [0.29, 0.717) is 0 Å². The van der Waals surface area contributed by atoms with Gasteiger partial charge < -0.3 is 10.5 Å². The molecular weight excluding hydrogens is 214 g/mol. The largest absolute Gasteiger partial charge is 0.411 e. The fourth-order valence-corrected chi connectivity index (χ4v) is 1.51. The Morgan fingerprint density at radius 2 is 1.94 bits per heavy atom. The van der Waals surface area contributed by atoms with Gasteiger partial charge in [-0.15, -0.1) is 0 Å². The Labute approximate surface area is 99.6 Å². The highest BCUT2D eigenvalue weighted by molar-refractivity contribution is 5.81. The summed E-state index contributed by atoms with van der Waals surface area (Å²) in [6.45, 7) is 1.87. The Bertz CT molecular complexity index is 523. The van der Waals surface area contributed by atoms with E-state index in [0.717, 1.165) is 22.8 Å². The van der Waals surface area contributed by atoms with E-state index < -0.39 is 0 Å². The molecule has 0 fully saturated rings. The van der Waals surface area contributed by atoms with Crippen LogP contribution >= 0.6 is 0 Å². The van der Waals surface area contributed by atoms with E-state index in [9.17, 15) is 0 Å². The first kappa shape index (κ1) is 11.1. The van der Waals surface area contributed by atoms with Crippen LogP contribution in [-0.2, 0) is 0 Å². The summed E-state index contributed by atoms with van der Waals surface area (Å²) in [7, 11) is 0. The van der Waals surface area contributed by atoms with Crippen molar-refractivity contribution in [1.82, 2.24) is 4.98 Å². The van der Waals surface area contributed by atoms with Crippen molar-refractivity contribution >= 4 is 17.7 Å². The van der Waals surface area contributed by atoms with Crippen LogP contribution in [0, 0.1) is 6.92 Å². The molecule has 0 radical (unpaired) electrons. The highest BCUT2D eigenvalue weighted by Crippen LogP contribution is 2.15. The summed E-state index contributed by atoms with van der Waals surface area (Å²) in [6.07, 6.45) is 1.37. The van der Waals surface area contributed by atoms with Crippen LogP contribution in [0.3, 0.4) is 0 Å². The van der Waals surface area contributed by atoms with Crippen molar-refractivity contribution in [3.05, 3.63) is 53.7 Å². The van der Waals surface area contributed by atoms with Gasteiger partial charge in [-0.3, -0.25) is 0 Å². The van der Waals surface area contributed by atoms with Crippen LogP contribution in [-0.4, -0.2) is 16.4 Å². The Morgan fingerprint density at radius 1 is 1.18 bits per heavy atom. The molecule has 86 valence electrons. The lowest BCUT2D eigenvalue weighted by Gasteiger charge is -2.07. The zero-order valence-corrected chi connectivity index (χ0v) is 9.46. The number of nitrogens with zero attached hydrogens (tertiary/aromatic N) is 2. The quantitative estimate of drug-likeness (QED) is 0.481. The number of hydrogen-bond donors (Lipinski definition) is 2. The second-order valence-corrected chi connectivity index (χ2v) is 3.61. The maximum absolute atomic E-state index is 8.47. The zero-order valence-electron chi connectivity index (χ0n) is 9.46. The maximum Gasteiger partial charge on any atom is 0.130 e.